The van der Waals surface area contributed by atoms with Gasteiger partial charge >= 0.3 is 0 Å². The first-order chi connectivity index (χ1) is 12.4. The Morgan fingerprint density at radius 3 is 1.96 bits per heavy atom. The Morgan fingerprint density at radius 1 is 0.800 bits per heavy atom. The van der Waals surface area contributed by atoms with Crippen molar-refractivity contribution in [1.82, 2.24) is 5.32 Å². The Morgan fingerprint density at radius 2 is 1.36 bits per heavy atom. The molecule has 0 atom stereocenters. The van der Waals surface area contributed by atoms with E-state index in [0.717, 1.165) is 6.54 Å². The molecule has 1 heterocycles. The van der Waals surface area contributed by atoms with E-state index in [-0.39, 0.29) is 5.16 Å². The maximum Gasteiger partial charge on any atom is 0.0864 e. The van der Waals surface area contributed by atoms with Gasteiger partial charge in [0.2, 0.25) is 0 Å². The van der Waals surface area contributed by atoms with Crippen molar-refractivity contribution in [2.45, 2.75) is 62.7 Å². The first kappa shape index (κ1) is 18.4. The van der Waals surface area contributed by atoms with E-state index in [1.807, 2.05) is 0 Å². The van der Waals surface area contributed by atoms with Crippen LogP contribution in [0.1, 0.15) is 56.6 Å². The monoisotopic (exact) mass is 350 g/mol. The lowest BCUT2D eigenvalue weighted by molar-refractivity contribution is 0.585. The maximum absolute atomic E-state index is 3.96. The second-order valence-corrected chi connectivity index (χ2v) is 10.2. The van der Waals surface area contributed by atoms with E-state index < -0.39 is 8.80 Å². The topological polar surface area (TPSA) is 12.0 Å². The minimum absolute atomic E-state index is 0.0939. The van der Waals surface area contributed by atoms with Crippen molar-refractivity contribution in [1.29, 1.82) is 0 Å². The highest BCUT2D eigenvalue weighted by atomic mass is 28.3. The molecule has 0 saturated carbocycles. The molecule has 1 nitrogen and oxygen atoms in total. The standard InChI is InChI=1S/C23H32NSi/c1-2-3-4-5-6-13-19-25-20-18-24-23(25,21-14-9-7-10-15-21)22-16-11-8-12-17-22/h7-12,14-17,24H,2-6,13,18-20H2,1H3. The zero-order valence-electron chi connectivity index (χ0n) is 15.6. The fourth-order valence-electron chi connectivity index (χ4n) is 4.30. The third kappa shape index (κ3) is 4.24. The number of nitrogens with one attached hydrogen (secondary N) is 1. The predicted molar refractivity (Wildman–Crippen MR) is 110 cm³/mol. The SMILES string of the molecule is CCCCCCCC[Si]1CCNC1(c1ccccc1)c1ccccc1. The lowest BCUT2D eigenvalue weighted by Gasteiger charge is -2.36. The fraction of sp³-hybridized carbons (Fsp3) is 0.478. The van der Waals surface area contributed by atoms with Crippen LogP contribution < -0.4 is 5.32 Å². The summed E-state index contributed by atoms with van der Waals surface area (Å²) < 4.78 is 0. The molecule has 2 heteroatoms. The number of rotatable bonds is 9. The van der Waals surface area contributed by atoms with E-state index in [9.17, 15) is 0 Å². The van der Waals surface area contributed by atoms with Crippen molar-refractivity contribution in [3.05, 3.63) is 71.8 Å². The van der Waals surface area contributed by atoms with Crippen LogP contribution in [0.15, 0.2) is 60.7 Å². The van der Waals surface area contributed by atoms with Crippen LogP contribution >= 0.6 is 0 Å². The number of benzene rings is 2. The molecule has 1 aliphatic heterocycles. The highest BCUT2D eigenvalue weighted by molar-refractivity contribution is 6.64. The summed E-state index contributed by atoms with van der Waals surface area (Å²) in [6.45, 7) is 3.46. The molecule has 1 saturated heterocycles. The van der Waals surface area contributed by atoms with Gasteiger partial charge in [0.1, 0.15) is 0 Å². The molecule has 1 radical (unpaired) electrons. The molecule has 0 amide bonds. The predicted octanol–water partition coefficient (Wildman–Crippen LogP) is 5.93. The summed E-state index contributed by atoms with van der Waals surface area (Å²) in [5, 5.41) is 4.05. The van der Waals surface area contributed by atoms with Gasteiger partial charge in [0.15, 0.2) is 0 Å². The van der Waals surface area contributed by atoms with Gasteiger partial charge in [0.05, 0.1) is 14.0 Å². The molecule has 1 N–H and O–H groups in total. The molecule has 0 bridgehead atoms. The number of unbranched alkanes of at least 4 members (excludes halogenated alkanes) is 5. The van der Waals surface area contributed by atoms with Gasteiger partial charge in [0.25, 0.3) is 0 Å². The van der Waals surface area contributed by atoms with Crippen LogP contribution in [0.3, 0.4) is 0 Å². The second-order valence-electron chi connectivity index (χ2n) is 7.28. The third-order valence-electron chi connectivity index (χ3n) is 5.59. The van der Waals surface area contributed by atoms with E-state index in [1.165, 1.54) is 61.7 Å². The van der Waals surface area contributed by atoms with Gasteiger partial charge in [-0.1, -0.05) is 112 Å². The summed E-state index contributed by atoms with van der Waals surface area (Å²) in [6, 6.07) is 25.2. The Labute approximate surface area is 155 Å². The Bertz CT molecular complexity index is 571. The van der Waals surface area contributed by atoms with Crippen LogP contribution in [0.5, 0.6) is 0 Å². The molecule has 0 aromatic heterocycles. The van der Waals surface area contributed by atoms with Crippen molar-refractivity contribution in [2.75, 3.05) is 6.54 Å². The molecule has 2 aromatic carbocycles. The van der Waals surface area contributed by atoms with E-state index in [0.29, 0.717) is 0 Å². The average Bonchev–Trinajstić information content (AvgIpc) is 3.11. The molecule has 3 rings (SSSR count). The van der Waals surface area contributed by atoms with Crippen LogP contribution in [0.25, 0.3) is 0 Å². The van der Waals surface area contributed by atoms with Crippen molar-refractivity contribution in [2.24, 2.45) is 0 Å². The van der Waals surface area contributed by atoms with Gasteiger partial charge in [-0.2, -0.15) is 0 Å². The van der Waals surface area contributed by atoms with Crippen LogP contribution in [0.4, 0.5) is 0 Å². The molecule has 1 fully saturated rings. The summed E-state index contributed by atoms with van der Waals surface area (Å²) in [5.41, 5.74) is 2.94. The number of hydrogen-bond donors (Lipinski definition) is 1. The average molecular weight is 351 g/mol. The highest BCUT2D eigenvalue weighted by Gasteiger charge is 2.45. The van der Waals surface area contributed by atoms with Crippen LogP contribution in [-0.4, -0.2) is 15.3 Å². The largest absolute Gasteiger partial charge is 0.307 e. The molecule has 25 heavy (non-hydrogen) atoms. The Hall–Kier alpha value is -1.38. The van der Waals surface area contributed by atoms with Crippen molar-refractivity contribution in [3.8, 4) is 0 Å². The quantitative estimate of drug-likeness (QED) is 0.437. The lowest BCUT2D eigenvalue weighted by atomic mass is 9.97. The second kappa shape index (κ2) is 9.35. The molecule has 0 spiro atoms. The number of hydrogen-bond acceptors (Lipinski definition) is 1. The van der Waals surface area contributed by atoms with Gasteiger partial charge in [-0.05, 0) is 23.7 Å². The van der Waals surface area contributed by atoms with Gasteiger partial charge < -0.3 is 5.32 Å². The summed E-state index contributed by atoms with van der Waals surface area (Å²) in [6.07, 6.45) is 8.38. The van der Waals surface area contributed by atoms with E-state index >= 15 is 0 Å². The van der Waals surface area contributed by atoms with Crippen LogP contribution in [0, 0.1) is 0 Å². The van der Waals surface area contributed by atoms with E-state index in [4.69, 9.17) is 0 Å². The molecule has 1 aliphatic rings. The van der Waals surface area contributed by atoms with Gasteiger partial charge in [0, 0.05) is 0 Å². The zero-order chi connectivity index (χ0) is 17.4. The minimum atomic E-state index is -0.518. The van der Waals surface area contributed by atoms with Gasteiger partial charge in [-0.25, -0.2) is 0 Å². The van der Waals surface area contributed by atoms with Crippen LogP contribution in [0.2, 0.25) is 12.1 Å². The van der Waals surface area contributed by atoms with Crippen molar-refractivity contribution >= 4 is 8.80 Å². The summed E-state index contributed by atoms with van der Waals surface area (Å²) in [7, 11) is -0.518. The molecule has 133 valence electrons. The van der Waals surface area contributed by atoms with Crippen LogP contribution in [-0.2, 0) is 5.16 Å². The summed E-state index contributed by atoms with van der Waals surface area (Å²) >= 11 is 0. The maximum atomic E-state index is 3.96. The molecule has 2 aromatic rings. The normalized spacial score (nSPS) is 17.0. The van der Waals surface area contributed by atoms with E-state index in [1.54, 1.807) is 0 Å². The van der Waals surface area contributed by atoms with Gasteiger partial charge in [-0.15, -0.1) is 0 Å². The van der Waals surface area contributed by atoms with Crippen molar-refractivity contribution < 1.29 is 0 Å². The molecular formula is C23H32NSi. The summed E-state index contributed by atoms with van der Waals surface area (Å²) in [5.74, 6) is 0. The van der Waals surface area contributed by atoms with E-state index in [2.05, 4.69) is 72.9 Å². The molecule has 0 unspecified atom stereocenters. The lowest BCUT2D eigenvalue weighted by Crippen LogP contribution is -2.48. The Kier molecular flexibility index (Phi) is 6.89. The highest BCUT2D eigenvalue weighted by Crippen LogP contribution is 2.39. The summed E-state index contributed by atoms with van der Waals surface area (Å²) in [4.78, 5) is 0. The first-order valence-electron chi connectivity index (χ1n) is 10.1. The van der Waals surface area contributed by atoms with Gasteiger partial charge in [-0.3, -0.25) is 0 Å². The minimum Gasteiger partial charge on any atom is -0.307 e. The first-order valence-corrected chi connectivity index (χ1v) is 12.0. The third-order valence-corrected chi connectivity index (χ3v) is 9.22. The smallest absolute Gasteiger partial charge is 0.0864 e. The van der Waals surface area contributed by atoms with Crippen molar-refractivity contribution in [3.63, 3.8) is 0 Å². The molecule has 0 aliphatic carbocycles. The molecular weight excluding hydrogens is 318 g/mol. The zero-order valence-corrected chi connectivity index (χ0v) is 16.6. The Balaban J connectivity index is 1.77. The fourth-order valence-corrected chi connectivity index (χ4v) is 7.93.